The number of likely N-dealkylation sites (tertiary alicyclic amines) is 1. The van der Waals surface area contributed by atoms with Crippen molar-refractivity contribution in [3.8, 4) is 0 Å². The van der Waals surface area contributed by atoms with Crippen molar-refractivity contribution >= 4 is 0 Å². The normalized spacial score (nSPS) is 18.9. The maximum atomic E-state index is 13.1. The van der Waals surface area contributed by atoms with Crippen molar-refractivity contribution in [3.05, 3.63) is 35.4 Å². The van der Waals surface area contributed by atoms with Crippen molar-refractivity contribution in [3.63, 3.8) is 0 Å². The first-order valence-corrected chi connectivity index (χ1v) is 5.52. The summed E-state index contributed by atoms with van der Waals surface area (Å²) in [6.45, 7) is 1.75. The molecule has 1 aromatic carbocycles. The van der Waals surface area contributed by atoms with Crippen LogP contribution < -0.4 is 0 Å². The van der Waals surface area contributed by atoms with Crippen LogP contribution in [0.25, 0.3) is 0 Å². The molecule has 1 heterocycles. The molecule has 0 bridgehead atoms. The van der Waals surface area contributed by atoms with Gasteiger partial charge < -0.3 is 5.11 Å². The topological polar surface area (TPSA) is 23.5 Å². The highest BCUT2D eigenvalue weighted by Gasteiger charge is 2.23. The third-order valence-corrected chi connectivity index (χ3v) is 3.08. The molecule has 0 aromatic heterocycles. The molecule has 2 rings (SSSR count). The Bertz CT molecular complexity index is 364. The average molecular weight is 227 g/mol. The largest absolute Gasteiger partial charge is 0.394 e. The van der Waals surface area contributed by atoms with Gasteiger partial charge in [0.15, 0.2) is 11.6 Å². The van der Waals surface area contributed by atoms with E-state index in [1.807, 2.05) is 0 Å². The van der Waals surface area contributed by atoms with Crippen molar-refractivity contribution < 1.29 is 13.9 Å². The Morgan fingerprint density at radius 1 is 1.19 bits per heavy atom. The van der Waals surface area contributed by atoms with E-state index in [-0.39, 0.29) is 12.6 Å². The maximum Gasteiger partial charge on any atom is 0.159 e. The van der Waals surface area contributed by atoms with Crippen LogP contribution in [0.3, 0.4) is 0 Å². The van der Waals surface area contributed by atoms with Crippen LogP contribution in [0, 0.1) is 11.6 Å². The molecular weight excluding hydrogens is 212 g/mol. The van der Waals surface area contributed by atoms with Crippen LogP contribution in [-0.2, 0) is 0 Å². The lowest BCUT2D eigenvalue weighted by atomic mass is 10.1. The molecule has 1 fully saturated rings. The van der Waals surface area contributed by atoms with Crippen LogP contribution in [-0.4, -0.2) is 29.7 Å². The lowest BCUT2D eigenvalue weighted by Gasteiger charge is -2.26. The summed E-state index contributed by atoms with van der Waals surface area (Å²) in [6.07, 6.45) is 2.19. The van der Waals surface area contributed by atoms with Gasteiger partial charge in [0, 0.05) is 0 Å². The molecule has 1 aromatic rings. The van der Waals surface area contributed by atoms with Crippen molar-refractivity contribution in [1.82, 2.24) is 4.90 Å². The smallest absolute Gasteiger partial charge is 0.159 e. The Morgan fingerprint density at radius 3 is 2.44 bits per heavy atom. The van der Waals surface area contributed by atoms with E-state index in [1.54, 1.807) is 0 Å². The molecule has 0 amide bonds. The van der Waals surface area contributed by atoms with Gasteiger partial charge in [0.05, 0.1) is 12.6 Å². The molecule has 88 valence electrons. The highest BCUT2D eigenvalue weighted by atomic mass is 19.2. The van der Waals surface area contributed by atoms with E-state index >= 15 is 0 Å². The number of hydrogen-bond acceptors (Lipinski definition) is 2. The summed E-state index contributed by atoms with van der Waals surface area (Å²) in [5.74, 6) is -1.70. The summed E-state index contributed by atoms with van der Waals surface area (Å²) in [4.78, 5) is 2.10. The fraction of sp³-hybridized carbons (Fsp3) is 0.500. The zero-order chi connectivity index (χ0) is 11.5. The van der Waals surface area contributed by atoms with Gasteiger partial charge in [-0.25, -0.2) is 8.78 Å². The molecule has 2 nitrogen and oxygen atoms in total. The Balaban J connectivity index is 2.22. The zero-order valence-electron chi connectivity index (χ0n) is 9.00. The lowest BCUT2D eigenvalue weighted by molar-refractivity contribution is 0.146. The minimum absolute atomic E-state index is 0.0644. The van der Waals surface area contributed by atoms with Gasteiger partial charge in [0.2, 0.25) is 0 Å². The number of aliphatic hydroxyl groups excluding tert-OH is 1. The summed E-state index contributed by atoms with van der Waals surface area (Å²) < 4.78 is 25.9. The van der Waals surface area contributed by atoms with Crippen molar-refractivity contribution in [2.24, 2.45) is 0 Å². The predicted octanol–water partition coefficient (Wildman–Crippen LogP) is 2.09. The third-order valence-electron chi connectivity index (χ3n) is 3.08. The number of hydrogen-bond donors (Lipinski definition) is 1. The second-order valence-electron chi connectivity index (χ2n) is 4.11. The Labute approximate surface area is 93.5 Å². The fourth-order valence-electron chi connectivity index (χ4n) is 2.20. The van der Waals surface area contributed by atoms with E-state index in [1.165, 1.54) is 12.1 Å². The van der Waals surface area contributed by atoms with Crippen molar-refractivity contribution in [2.45, 2.75) is 18.9 Å². The van der Waals surface area contributed by atoms with Crippen molar-refractivity contribution in [2.75, 3.05) is 19.7 Å². The molecule has 4 heteroatoms. The van der Waals surface area contributed by atoms with Gasteiger partial charge in [-0.2, -0.15) is 0 Å². The molecule has 1 atom stereocenters. The van der Waals surface area contributed by atoms with E-state index in [2.05, 4.69) is 4.90 Å². The maximum absolute atomic E-state index is 13.1. The highest BCUT2D eigenvalue weighted by Crippen LogP contribution is 2.25. The molecule has 0 aliphatic carbocycles. The summed E-state index contributed by atoms with van der Waals surface area (Å²) >= 11 is 0. The average Bonchev–Trinajstić information content (AvgIpc) is 2.78. The lowest BCUT2D eigenvalue weighted by Crippen LogP contribution is -2.28. The molecular formula is C12H15F2NO. The number of nitrogens with zero attached hydrogens (tertiary/aromatic N) is 1. The van der Waals surface area contributed by atoms with Crippen LogP contribution in [0.4, 0.5) is 8.78 Å². The van der Waals surface area contributed by atoms with Crippen LogP contribution in [0.1, 0.15) is 24.4 Å². The van der Waals surface area contributed by atoms with E-state index < -0.39 is 11.6 Å². The molecule has 0 radical (unpaired) electrons. The molecule has 0 spiro atoms. The zero-order valence-corrected chi connectivity index (χ0v) is 9.00. The molecule has 0 saturated carbocycles. The van der Waals surface area contributed by atoms with Crippen molar-refractivity contribution in [1.29, 1.82) is 0 Å². The predicted molar refractivity (Wildman–Crippen MR) is 57.0 cm³/mol. The third kappa shape index (κ3) is 2.23. The van der Waals surface area contributed by atoms with E-state index in [9.17, 15) is 13.9 Å². The van der Waals surface area contributed by atoms with Gasteiger partial charge in [-0.15, -0.1) is 0 Å². The Kier molecular flexibility index (Phi) is 3.51. The number of benzene rings is 1. The van der Waals surface area contributed by atoms with Crippen LogP contribution >= 0.6 is 0 Å². The van der Waals surface area contributed by atoms with Gasteiger partial charge in [0.25, 0.3) is 0 Å². The van der Waals surface area contributed by atoms with Gasteiger partial charge >= 0.3 is 0 Å². The fourth-order valence-corrected chi connectivity index (χ4v) is 2.20. The molecule has 1 aliphatic rings. The van der Waals surface area contributed by atoms with E-state index in [0.717, 1.165) is 32.0 Å². The first kappa shape index (κ1) is 11.5. The SMILES string of the molecule is OCC(c1ccc(F)c(F)c1)N1CCCC1. The molecule has 1 saturated heterocycles. The van der Waals surface area contributed by atoms with Gasteiger partial charge in [-0.3, -0.25) is 4.90 Å². The Morgan fingerprint density at radius 2 is 1.88 bits per heavy atom. The van der Waals surface area contributed by atoms with Gasteiger partial charge in [-0.1, -0.05) is 6.07 Å². The first-order chi connectivity index (χ1) is 7.72. The van der Waals surface area contributed by atoms with Crippen LogP contribution in [0.5, 0.6) is 0 Å². The summed E-state index contributed by atoms with van der Waals surface area (Å²) in [7, 11) is 0. The second kappa shape index (κ2) is 4.89. The second-order valence-corrected chi connectivity index (χ2v) is 4.11. The molecule has 1 unspecified atom stereocenters. The molecule has 16 heavy (non-hydrogen) atoms. The number of rotatable bonds is 3. The van der Waals surface area contributed by atoms with Gasteiger partial charge in [0.1, 0.15) is 0 Å². The first-order valence-electron chi connectivity index (χ1n) is 5.52. The summed E-state index contributed by atoms with van der Waals surface area (Å²) in [5.41, 5.74) is 0.642. The standard InChI is InChI=1S/C12H15F2NO/c13-10-4-3-9(7-11(10)14)12(8-16)15-5-1-2-6-15/h3-4,7,12,16H,1-2,5-6,8H2. The number of halogens is 2. The minimum Gasteiger partial charge on any atom is -0.394 e. The van der Waals surface area contributed by atoms with Crippen LogP contribution in [0.2, 0.25) is 0 Å². The van der Waals surface area contributed by atoms with E-state index in [4.69, 9.17) is 0 Å². The summed E-state index contributed by atoms with van der Waals surface area (Å²) in [5, 5.41) is 9.34. The van der Waals surface area contributed by atoms with Crippen LogP contribution in [0.15, 0.2) is 18.2 Å². The summed E-state index contributed by atoms with van der Waals surface area (Å²) in [6, 6.07) is 3.62. The highest BCUT2D eigenvalue weighted by molar-refractivity contribution is 5.21. The van der Waals surface area contributed by atoms with Gasteiger partial charge in [-0.05, 0) is 43.6 Å². The number of aliphatic hydroxyl groups is 1. The molecule has 1 N–H and O–H groups in total. The monoisotopic (exact) mass is 227 g/mol. The van der Waals surface area contributed by atoms with E-state index in [0.29, 0.717) is 5.56 Å². The molecule has 1 aliphatic heterocycles. The Hall–Kier alpha value is -1.00. The quantitative estimate of drug-likeness (QED) is 0.854. The minimum atomic E-state index is -0.852.